The lowest BCUT2D eigenvalue weighted by Crippen LogP contribution is -1.94. The van der Waals surface area contributed by atoms with E-state index < -0.39 is 6.43 Å². The fourth-order valence-electron chi connectivity index (χ4n) is 0.763. The van der Waals surface area contributed by atoms with Gasteiger partial charge < -0.3 is 0 Å². The zero-order chi connectivity index (χ0) is 10.0. The molecule has 0 saturated carbocycles. The lowest BCUT2D eigenvalue weighted by Gasteiger charge is -2.05. The number of rotatable bonds is 2. The summed E-state index contributed by atoms with van der Waals surface area (Å²) in [6.45, 7) is 0. The summed E-state index contributed by atoms with van der Waals surface area (Å²) >= 11 is 14.0. The van der Waals surface area contributed by atoms with Crippen molar-refractivity contribution in [2.75, 3.05) is 0 Å². The van der Waals surface area contributed by atoms with E-state index in [9.17, 15) is 8.78 Å². The molecule has 0 aliphatic carbocycles. The van der Waals surface area contributed by atoms with Crippen LogP contribution in [0.2, 0.25) is 5.02 Å². The normalized spacial score (nSPS) is 10.9. The Morgan fingerprint density at radius 2 is 2.15 bits per heavy atom. The monoisotopic (exact) mass is 289 g/mol. The minimum Gasteiger partial charge on any atom is -0.243 e. The summed E-state index contributed by atoms with van der Waals surface area (Å²) < 4.78 is 24.6. The van der Waals surface area contributed by atoms with Crippen molar-refractivity contribution < 1.29 is 8.78 Å². The van der Waals surface area contributed by atoms with E-state index in [1.807, 2.05) is 0 Å². The topological polar surface area (TPSA) is 12.9 Å². The van der Waals surface area contributed by atoms with Gasteiger partial charge in [0, 0.05) is 0 Å². The van der Waals surface area contributed by atoms with Crippen molar-refractivity contribution in [3.63, 3.8) is 0 Å². The third-order valence-electron chi connectivity index (χ3n) is 1.39. The van der Waals surface area contributed by atoms with E-state index in [4.69, 9.17) is 23.2 Å². The fourth-order valence-corrected chi connectivity index (χ4v) is 1.76. The molecule has 0 aliphatic rings. The lowest BCUT2D eigenvalue weighted by atomic mass is 10.2. The van der Waals surface area contributed by atoms with Crippen molar-refractivity contribution in [1.29, 1.82) is 0 Å². The van der Waals surface area contributed by atoms with E-state index in [2.05, 4.69) is 20.9 Å². The van der Waals surface area contributed by atoms with Crippen molar-refractivity contribution in [2.45, 2.75) is 12.3 Å². The molecular weight excluding hydrogens is 287 g/mol. The molecule has 0 bridgehead atoms. The molecule has 1 heterocycles. The number of alkyl halides is 3. The maximum absolute atomic E-state index is 12.3. The Labute approximate surface area is 92.2 Å². The molecule has 72 valence electrons. The molecule has 0 aromatic carbocycles. The highest BCUT2D eigenvalue weighted by molar-refractivity contribution is 9.10. The van der Waals surface area contributed by atoms with E-state index in [0.717, 1.165) is 0 Å². The first-order valence-electron chi connectivity index (χ1n) is 3.25. The average molecular weight is 291 g/mol. The second-order valence-corrected chi connectivity index (χ2v) is 3.66. The van der Waals surface area contributed by atoms with Crippen molar-refractivity contribution in [1.82, 2.24) is 4.98 Å². The maximum atomic E-state index is 12.3. The molecule has 1 aromatic rings. The van der Waals surface area contributed by atoms with Gasteiger partial charge in [0.25, 0.3) is 6.43 Å². The van der Waals surface area contributed by atoms with E-state index in [0.29, 0.717) is 5.69 Å². The van der Waals surface area contributed by atoms with Crippen LogP contribution < -0.4 is 0 Å². The van der Waals surface area contributed by atoms with Crippen molar-refractivity contribution >= 4 is 39.1 Å². The zero-order valence-electron chi connectivity index (χ0n) is 6.20. The summed E-state index contributed by atoms with van der Waals surface area (Å²) in [5, 5.41) is 0.161. The van der Waals surface area contributed by atoms with Crippen LogP contribution in [0.4, 0.5) is 8.78 Å². The Kier molecular flexibility index (Phi) is 3.88. The molecule has 0 unspecified atom stereocenters. The fraction of sp³-hybridized carbons (Fsp3) is 0.286. The first-order valence-corrected chi connectivity index (χ1v) is 4.95. The lowest BCUT2D eigenvalue weighted by molar-refractivity contribution is 0.150. The van der Waals surface area contributed by atoms with Crippen molar-refractivity contribution in [2.24, 2.45) is 0 Å². The number of hydrogen-bond acceptors (Lipinski definition) is 1. The molecule has 1 rings (SSSR count). The van der Waals surface area contributed by atoms with Crippen LogP contribution in [-0.4, -0.2) is 4.98 Å². The maximum Gasteiger partial charge on any atom is 0.266 e. The van der Waals surface area contributed by atoms with Crippen LogP contribution in [0.15, 0.2) is 10.7 Å². The molecule has 13 heavy (non-hydrogen) atoms. The van der Waals surface area contributed by atoms with Crippen LogP contribution in [0.25, 0.3) is 0 Å². The zero-order valence-corrected chi connectivity index (χ0v) is 9.30. The van der Waals surface area contributed by atoms with Gasteiger partial charge in [0.15, 0.2) is 0 Å². The molecule has 0 atom stereocenters. The first-order chi connectivity index (χ1) is 6.06. The van der Waals surface area contributed by atoms with Gasteiger partial charge in [0.1, 0.15) is 4.60 Å². The summed E-state index contributed by atoms with van der Waals surface area (Å²) in [6, 6.07) is 1.17. The number of aromatic nitrogens is 1. The summed E-state index contributed by atoms with van der Waals surface area (Å²) in [4.78, 5) is 3.79. The van der Waals surface area contributed by atoms with Gasteiger partial charge in [-0.25, -0.2) is 13.8 Å². The molecular formula is C7H4BrCl2F2N. The Bertz CT molecular complexity index is 320. The minimum atomic E-state index is -2.59. The third-order valence-corrected chi connectivity index (χ3v) is 2.61. The predicted molar refractivity (Wildman–Crippen MR) is 51.5 cm³/mol. The SMILES string of the molecule is FC(F)c1cc(Cl)c(CCl)nc1Br. The third kappa shape index (κ3) is 2.51. The quantitative estimate of drug-likeness (QED) is 0.588. The number of hydrogen-bond donors (Lipinski definition) is 0. The predicted octanol–water partition coefficient (Wildman–Crippen LogP) is 4.17. The Balaban J connectivity index is 3.20. The van der Waals surface area contributed by atoms with Crippen LogP contribution in [0, 0.1) is 0 Å². The van der Waals surface area contributed by atoms with Crippen LogP contribution >= 0.6 is 39.1 Å². The second-order valence-electron chi connectivity index (χ2n) is 2.23. The molecule has 0 aliphatic heterocycles. The van der Waals surface area contributed by atoms with Gasteiger partial charge in [-0.2, -0.15) is 0 Å². The smallest absolute Gasteiger partial charge is 0.243 e. The molecule has 6 heteroatoms. The second kappa shape index (κ2) is 4.53. The van der Waals surface area contributed by atoms with Crippen LogP contribution in [0.5, 0.6) is 0 Å². The van der Waals surface area contributed by atoms with Crippen LogP contribution in [0.3, 0.4) is 0 Å². The van der Waals surface area contributed by atoms with E-state index in [1.165, 1.54) is 6.07 Å². The summed E-state index contributed by atoms with van der Waals surface area (Å²) in [7, 11) is 0. The standard InChI is InChI=1S/C7H4BrCl2F2N/c8-6-3(7(11)12)1-4(10)5(2-9)13-6/h1,7H,2H2. The highest BCUT2D eigenvalue weighted by Gasteiger charge is 2.15. The Morgan fingerprint density at radius 1 is 1.54 bits per heavy atom. The highest BCUT2D eigenvalue weighted by Crippen LogP contribution is 2.30. The minimum absolute atomic E-state index is 0.0857. The van der Waals surface area contributed by atoms with E-state index >= 15 is 0 Å². The molecule has 0 N–H and O–H groups in total. The average Bonchev–Trinajstić information content (AvgIpc) is 2.07. The van der Waals surface area contributed by atoms with Crippen molar-refractivity contribution in [3.05, 3.63) is 26.9 Å². The molecule has 0 fully saturated rings. The summed E-state index contributed by atoms with van der Waals surface area (Å²) in [6.07, 6.45) is -2.59. The number of nitrogens with zero attached hydrogens (tertiary/aromatic N) is 1. The van der Waals surface area contributed by atoms with Crippen molar-refractivity contribution in [3.8, 4) is 0 Å². The molecule has 0 radical (unpaired) electrons. The van der Waals surface area contributed by atoms with Gasteiger partial charge in [-0.15, -0.1) is 11.6 Å². The van der Waals surface area contributed by atoms with Gasteiger partial charge in [0.05, 0.1) is 22.2 Å². The van der Waals surface area contributed by atoms with Gasteiger partial charge in [-0.05, 0) is 22.0 Å². The first kappa shape index (κ1) is 11.1. The molecule has 1 aromatic heterocycles. The molecule has 1 nitrogen and oxygen atoms in total. The van der Waals surface area contributed by atoms with E-state index in [-0.39, 0.29) is 21.1 Å². The summed E-state index contributed by atoms with van der Waals surface area (Å²) in [5.41, 5.74) is 0.165. The Hall–Kier alpha value is 0.0700. The van der Waals surface area contributed by atoms with Gasteiger partial charge in [0.2, 0.25) is 0 Å². The van der Waals surface area contributed by atoms with E-state index in [1.54, 1.807) is 0 Å². The van der Waals surface area contributed by atoms with Crippen LogP contribution in [-0.2, 0) is 5.88 Å². The van der Waals surface area contributed by atoms with Gasteiger partial charge >= 0.3 is 0 Å². The molecule has 0 saturated heterocycles. The Morgan fingerprint density at radius 3 is 2.62 bits per heavy atom. The van der Waals surface area contributed by atoms with Gasteiger partial charge in [-0.1, -0.05) is 11.6 Å². The number of pyridine rings is 1. The van der Waals surface area contributed by atoms with Crippen LogP contribution in [0.1, 0.15) is 17.7 Å². The highest BCUT2D eigenvalue weighted by atomic mass is 79.9. The molecule has 0 amide bonds. The van der Waals surface area contributed by atoms with Gasteiger partial charge in [-0.3, -0.25) is 0 Å². The molecule has 0 spiro atoms. The number of halogens is 5. The largest absolute Gasteiger partial charge is 0.266 e. The summed E-state index contributed by atoms with van der Waals surface area (Å²) in [5.74, 6) is 0.0982.